The normalized spacial score (nSPS) is 10.8. The maximum atomic E-state index is 12.2. The fourth-order valence-electron chi connectivity index (χ4n) is 2.75. The van der Waals surface area contributed by atoms with Crippen molar-refractivity contribution in [2.45, 2.75) is 13.5 Å². The molecule has 4 rings (SSSR count). The van der Waals surface area contributed by atoms with Crippen molar-refractivity contribution in [1.82, 2.24) is 19.9 Å². The van der Waals surface area contributed by atoms with Crippen LogP contribution in [0.5, 0.6) is 5.75 Å². The predicted octanol–water partition coefficient (Wildman–Crippen LogP) is 3.33. The van der Waals surface area contributed by atoms with Gasteiger partial charge in [-0.3, -0.25) is 4.79 Å². The highest BCUT2D eigenvalue weighted by atomic mass is 16.5. The molecule has 0 saturated heterocycles. The van der Waals surface area contributed by atoms with Crippen LogP contribution in [0.1, 0.15) is 11.5 Å². The average Bonchev–Trinajstić information content (AvgIpc) is 3.19. The number of ether oxygens (including phenoxy) is 1. The molecule has 0 aliphatic heterocycles. The van der Waals surface area contributed by atoms with Crippen molar-refractivity contribution in [3.8, 4) is 28.4 Å². The third-order valence-corrected chi connectivity index (χ3v) is 4.32. The van der Waals surface area contributed by atoms with E-state index in [1.54, 1.807) is 13.2 Å². The summed E-state index contributed by atoms with van der Waals surface area (Å²) in [6, 6.07) is 18.5. The van der Waals surface area contributed by atoms with Gasteiger partial charge in [0, 0.05) is 17.2 Å². The van der Waals surface area contributed by atoms with Gasteiger partial charge in [-0.2, -0.15) is 10.1 Å². The van der Waals surface area contributed by atoms with Gasteiger partial charge in [0.1, 0.15) is 12.3 Å². The number of hydrogen-bond acceptors (Lipinski definition) is 6. The van der Waals surface area contributed by atoms with Gasteiger partial charge >= 0.3 is 0 Å². The Balaban J connectivity index is 1.59. The van der Waals surface area contributed by atoms with Gasteiger partial charge in [-0.05, 0) is 37.3 Å². The van der Waals surface area contributed by atoms with Gasteiger partial charge in [0.25, 0.3) is 5.56 Å². The van der Waals surface area contributed by atoms with Crippen LogP contribution in [0.15, 0.2) is 70.0 Å². The number of benzene rings is 2. The highest BCUT2D eigenvalue weighted by Gasteiger charge is 2.11. The van der Waals surface area contributed by atoms with E-state index in [9.17, 15) is 4.79 Å². The van der Waals surface area contributed by atoms with Gasteiger partial charge < -0.3 is 9.26 Å². The molecule has 0 aliphatic carbocycles. The zero-order valence-electron chi connectivity index (χ0n) is 15.5. The summed E-state index contributed by atoms with van der Waals surface area (Å²) >= 11 is 0. The van der Waals surface area contributed by atoms with Crippen LogP contribution in [0.4, 0.5) is 0 Å². The van der Waals surface area contributed by atoms with E-state index in [2.05, 4.69) is 15.2 Å². The molecule has 0 aliphatic rings. The van der Waals surface area contributed by atoms with E-state index in [1.807, 2.05) is 55.5 Å². The van der Waals surface area contributed by atoms with Crippen molar-refractivity contribution in [2.24, 2.45) is 0 Å². The van der Waals surface area contributed by atoms with Crippen molar-refractivity contribution in [3.05, 3.63) is 82.5 Å². The van der Waals surface area contributed by atoms with E-state index in [1.165, 1.54) is 10.7 Å². The molecule has 0 saturated carbocycles. The van der Waals surface area contributed by atoms with Gasteiger partial charge in [-0.15, -0.1) is 0 Å². The van der Waals surface area contributed by atoms with E-state index in [4.69, 9.17) is 9.26 Å². The second-order valence-electron chi connectivity index (χ2n) is 6.32. The fourth-order valence-corrected chi connectivity index (χ4v) is 2.75. The molecular weight excluding hydrogens is 356 g/mol. The first kappa shape index (κ1) is 17.7. The summed E-state index contributed by atoms with van der Waals surface area (Å²) in [6.07, 6.45) is 0. The van der Waals surface area contributed by atoms with Gasteiger partial charge in [-0.1, -0.05) is 35.0 Å². The molecule has 2 aromatic heterocycles. The van der Waals surface area contributed by atoms with Gasteiger partial charge in [0.2, 0.25) is 11.7 Å². The molecule has 0 spiro atoms. The van der Waals surface area contributed by atoms with Gasteiger partial charge in [0.05, 0.1) is 12.8 Å². The molecule has 140 valence electrons. The number of hydrogen-bond donors (Lipinski definition) is 0. The Labute approximate surface area is 161 Å². The van der Waals surface area contributed by atoms with Crippen LogP contribution >= 0.6 is 0 Å². The van der Waals surface area contributed by atoms with Crippen LogP contribution in [0, 0.1) is 6.92 Å². The van der Waals surface area contributed by atoms with E-state index in [0.717, 1.165) is 22.4 Å². The maximum absolute atomic E-state index is 12.2. The molecule has 0 fully saturated rings. The van der Waals surface area contributed by atoms with Crippen molar-refractivity contribution in [1.29, 1.82) is 0 Å². The summed E-state index contributed by atoms with van der Waals surface area (Å²) in [5, 5.41) is 8.42. The molecule has 0 bridgehead atoms. The highest BCUT2D eigenvalue weighted by Crippen LogP contribution is 2.20. The van der Waals surface area contributed by atoms with E-state index >= 15 is 0 Å². The maximum Gasteiger partial charge on any atom is 0.267 e. The van der Waals surface area contributed by atoms with E-state index < -0.39 is 0 Å². The number of nitrogens with zero attached hydrogens (tertiary/aromatic N) is 4. The molecule has 4 aromatic rings. The quantitative estimate of drug-likeness (QED) is 0.533. The standard InChI is InChI=1S/C21H18N4O3/c1-14-3-5-16(6-4-14)21-22-19(28-24-21)13-25-20(26)12-11-18(23-25)15-7-9-17(27-2)10-8-15/h3-12H,13H2,1-2H3. The van der Waals surface area contributed by atoms with Crippen molar-refractivity contribution in [3.63, 3.8) is 0 Å². The Morgan fingerprint density at radius 1 is 0.964 bits per heavy atom. The summed E-state index contributed by atoms with van der Waals surface area (Å²) in [7, 11) is 1.61. The Morgan fingerprint density at radius 3 is 2.39 bits per heavy atom. The summed E-state index contributed by atoms with van der Waals surface area (Å²) in [5.74, 6) is 1.55. The zero-order chi connectivity index (χ0) is 19.5. The summed E-state index contributed by atoms with van der Waals surface area (Å²) in [5.41, 5.74) is 3.31. The fraction of sp³-hybridized carbons (Fsp3) is 0.143. The van der Waals surface area contributed by atoms with Crippen molar-refractivity contribution < 1.29 is 9.26 Å². The molecule has 28 heavy (non-hydrogen) atoms. The lowest BCUT2D eigenvalue weighted by Crippen LogP contribution is -2.23. The molecule has 0 amide bonds. The Kier molecular flexibility index (Phi) is 4.72. The molecule has 0 unspecified atom stereocenters. The lowest BCUT2D eigenvalue weighted by Gasteiger charge is -2.06. The van der Waals surface area contributed by atoms with Crippen LogP contribution in [0.3, 0.4) is 0 Å². The molecule has 7 heteroatoms. The first-order valence-corrected chi connectivity index (χ1v) is 8.74. The topological polar surface area (TPSA) is 83.0 Å². The SMILES string of the molecule is COc1ccc(-c2ccc(=O)n(Cc3nc(-c4ccc(C)cc4)no3)n2)cc1. The van der Waals surface area contributed by atoms with Crippen LogP contribution in [-0.4, -0.2) is 27.0 Å². The molecular formula is C21H18N4O3. The minimum Gasteiger partial charge on any atom is -0.497 e. The van der Waals surface area contributed by atoms with E-state index in [-0.39, 0.29) is 12.1 Å². The number of methoxy groups -OCH3 is 1. The third-order valence-electron chi connectivity index (χ3n) is 4.32. The van der Waals surface area contributed by atoms with Gasteiger partial charge in [0.15, 0.2) is 0 Å². The molecule has 0 N–H and O–H groups in total. The Morgan fingerprint density at radius 2 is 1.68 bits per heavy atom. The largest absolute Gasteiger partial charge is 0.497 e. The molecule has 2 heterocycles. The summed E-state index contributed by atoms with van der Waals surface area (Å²) in [6.45, 7) is 2.11. The van der Waals surface area contributed by atoms with Crippen LogP contribution in [-0.2, 0) is 6.54 Å². The summed E-state index contributed by atoms with van der Waals surface area (Å²) < 4.78 is 11.8. The van der Waals surface area contributed by atoms with Crippen LogP contribution in [0.25, 0.3) is 22.6 Å². The lowest BCUT2D eigenvalue weighted by molar-refractivity contribution is 0.363. The number of rotatable bonds is 5. The first-order valence-electron chi connectivity index (χ1n) is 8.74. The van der Waals surface area contributed by atoms with E-state index in [0.29, 0.717) is 17.4 Å². The Bertz CT molecular complexity index is 1150. The zero-order valence-corrected chi connectivity index (χ0v) is 15.5. The smallest absolute Gasteiger partial charge is 0.267 e. The molecule has 7 nitrogen and oxygen atoms in total. The minimum atomic E-state index is -0.243. The lowest BCUT2D eigenvalue weighted by atomic mass is 10.1. The second-order valence-corrected chi connectivity index (χ2v) is 6.32. The average molecular weight is 374 g/mol. The second kappa shape index (κ2) is 7.48. The number of aromatic nitrogens is 4. The predicted molar refractivity (Wildman–Crippen MR) is 104 cm³/mol. The van der Waals surface area contributed by atoms with Crippen molar-refractivity contribution >= 4 is 0 Å². The Hall–Kier alpha value is -3.74. The molecule has 0 radical (unpaired) electrons. The third kappa shape index (κ3) is 3.68. The number of aryl methyl sites for hydroxylation is 1. The van der Waals surface area contributed by atoms with Crippen LogP contribution < -0.4 is 10.3 Å². The summed E-state index contributed by atoms with van der Waals surface area (Å²) in [4.78, 5) is 16.6. The molecule has 0 atom stereocenters. The minimum absolute atomic E-state index is 0.0989. The van der Waals surface area contributed by atoms with Gasteiger partial charge in [-0.25, -0.2) is 4.68 Å². The monoisotopic (exact) mass is 374 g/mol. The van der Waals surface area contributed by atoms with Crippen molar-refractivity contribution in [2.75, 3.05) is 7.11 Å². The molecule has 2 aromatic carbocycles. The first-order chi connectivity index (χ1) is 13.6. The van der Waals surface area contributed by atoms with Crippen LogP contribution in [0.2, 0.25) is 0 Å². The highest BCUT2D eigenvalue weighted by molar-refractivity contribution is 5.59.